The van der Waals surface area contributed by atoms with Crippen LogP contribution in [0.15, 0.2) is 0 Å². The maximum absolute atomic E-state index is 11.6. The Bertz CT molecular complexity index is 198. The maximum Gasteiger partial charge on any atom is 0.221 e. The normalized spacial score (nSPS) is 17.7. The summed E-state index contributed by atoms with van der Waals surface area (Å²) in [5, 5.41) is 6.42. The fraction of sp³-hybridized carbons (Fsp3) is 0.923. The van der Waals surface area contributed by atoms with Crippen molar-refractivity contribution in [2.75, 3.05) is 13.1 Å². The molecule has 1 saturated carbocycles. The molecular formula is C13H26N2O. The highest BCUT2D eigenvalue weighted by molar-refractivity contribution is 5.76. The first kappa shape index (κ1) is 13.5. The summed E-state index contributed by atoms with van der Waals surface area (Å²) in [5.41, 5.74) is 0. The van der Waals surface area contributed by atoms with E-state index in [0.29, 0.717) is 18.4 Å². The lowest BCUT2D eigenvalue weighted by molar-refractivity contribution is -0.121. The first-order valence-electron chi connectivity index (χ1n) is 6.68. The summed E-state index contributed by atoms with van der Waals surface area (Å²) in [6, 6.07) is 0.450. The van der Waals surface area contributed by atoms with Crippen molar-refractivity contribution in [3.8, 4) is 0 Å². The van der Waals surface area contributed by atoms with Gasteiger partial charge < -0.3 is 10.6 Å². The number of amides is 1. The van der Waals surface area contributed by atoms with Crippen LogP contribution < -0.4 is 10.6 Å². The fourth-order valence-corrected chi connectivity index (χ4v) is 2.14. The Morgan fingerprint density at radius 3 is 2.56 bits per heavy atom. The highest BCUT2D eigenvalue weighted by atomic mass is 16.1. The van der Waals surface area contributed by atoms with Gasteiger partial charge in [0.1, 0.15) is 0 Å². The summed E-state index contributed by atoms with van der Waals surface area (Å²) in [7, 11) is 0. The minimum absolute atomic E-state index is 0.211. The van der Waals surface area contributed by atoms with E-state index in [0.717, 1.165) is 13.1 Å². The molecule has 3 heteroatoms. The highest BCUT2D eigenvalue weighted by Crippen LogP contribution is 2.17. The zero-order chi connectivity index (χ0) is 11.8. The second kappa shape index (κ2) is 7.66. The number of nitrogens with one attached hydrogen (secondary N) is 2. The van der Waals surface area contributed by atoms with Gasteiger partial charge in [-0.05, 0) is 25.3 Å². The van der Waals surface area contributed by atoms with Crippen LogP contribution in [0.4, 0.5) is 0 Å². The van der Waals surface area contributed by atoms with E-state index in [4.69, 9.17) is 0 Å². The van der Waals surface area contributed by atoms with Crippen molar-refractivity contribution >= 4 is 5.91 Å². The molecule has 16 heavy (non-hydrogen) atoms. The van der Waals surface area contributed by atoms with E-state index in [-0.39, 0.29) is 5.91 Å². The topological polar surface area (TPSA) is 41.1 Å². The van der Waals surface area contributed by atoms with Crippen molar-refractivity contribution in [1.82, 2.24) is 10.6 Å². The molecule has 94 valence electrons. The molecule has 1 fully saturated rings. The predicted octanol–water partition coefficient (Wildman–Crippen LogP) is 2.07. The number of hydrogen-bond acceptors (Lipinski definition) is 2. The van der Waals surface area contributed by atoms with Crippen LogP contribution in [0.1, 0.15) is 52.4 Å². The summed E-state index contributed by atoms with van der Waals surface area (Å²) in [6.07, 6.45) is 6.84. The standard InChI is InChI=1S/C13H26N2O/c1-11(2)10-14-9-8-13(16)15-12-6-4-3-5-7-12/h11-12,14H,3-10H2,1-2H3,(H,15,16). The second-order valence-electron chi connectivity index (χ2n) is 5.25. The van der Waals surface area contributed by atoms with Crippen molar-refractivity contribution in [1.29, 1.82) is 0 Å². The third kappa shape index (κ3) is 6.11. The van der Waals surface area contributed by atoms with E-state index < -0.39 is 0 Å². The van der Waals surface area contributed by atoms with Crippen molar-refractivity contribution in [2.45, 2.75) is 58.4 Å². The number of rotatable bonds is 6. The predicted molar refractivity (Wildman–Crippen MR) is 67.3 cm³/mol. The van der Waals surface area contributed by atoms with Crippen LogP contribution in [0.2, 0.25) is 0 Å². The Morgan fingerprint density at radius 1 is 1.25 bits per heavy atom. The van der Waals surface area contributed by atoms with E-state index in [1.807, 2.05) is 0 Å². The van der Waals surface area contributed by atoms with Gasteiger partial charge in [0.25, 0.3) is 0 Å². The minimum Gasteiger partial charge on any atom is -0.353 e. The van der Waals surface area contributed by atoms with E-state index in [9.17, 15) is 4.79 Å². The van der Waals surface area contributed by atoms with Gasteiger partial charge in [-0.3, -0.25) is 4.79 Å². The zero-order valence-corrected chi connectivity index (χ0v) is 10.7. The molecule has 0 saturated heterocycles. The van der Waals surface area contributed by atoms with E-state index in [1.165, 1.54) is 32.1 Å². The molecule has 0 aromatic rings. The molecule has 0 unspecified atom stereocenters. The summed E-state index contributed by atoms with van der Waals surface area (Å²) in [4.78, 5) is 11.6. The Hall–Kier alpha value is -0.570. The quantitative estimate of drug-likeness (QED) is 0.681. The van der Waals surface area contributed by atoms with Gasteiger partial charge >= 0.3 is 0 Å². The molecule has 0 atom stereocenters. The smallest absolute Gasteiger partial charge is 0.221 e. The van der Waals surface area contributed by atoms with Gasteiger partial charge in [0.05, 0.1) is 0 Å². The van der Waals surface area contributed by atoms with Gasteiger partial charge in [-0.25, -0.2) is 0 Å². The molecular weight excluding hydrogens is 200 g/mol. The third-order valence-electron chi connectivity index (χ3n) is 3.05. The summed E-state index contributed by atoms with van der Waals surface area (Å²) in [6.45, 7) is 6.15. The lowest BCUT2D eigenvalue weighted by Crippen LogP contribution is -2.37. The minimum atomic E-state index is 0.211. The largest absolute Gasteiger partial charge is 0.353 e. The Morgan fingerprint density at radius 2 is 1.94 bits per heavy atom. The molecule has 0 bridgehead atoms. The number of hydrogen-bond donors (Lipinski definition) is 2. The van der Waals surface area contributed by atoms with Gasteiger partial charge in [-0.15, -0.1) is 0 Å². The van der Waals surface area contributed by atoms with Crippen LogP contribution in [-0.4, -0.2) is 25.0 Å². The van der Waals surface area contributed by atoms with E-state index in [2.05, 4.69) is 24.5 Å². The summed E-state index contributed by atoms with van der Waals surface area (Å²) >= 11 is 0. The van der Waals surface area contributed by atoms with Gasteiger partial charge in [0.2, 0.25) is 5.91 Å². The Labute approximate surface area is 99.4 Å². The van der Waals surface area contributed by atoms with Gasteiger partial charge in [-0.1, -0.05) is 33.1 Å². The molecule has 1 rings (SSSR count). The second-order valence-corrected chi connectivity index (χ2v) is 5.25. The number of carbonyl (C=O) groups is 1. The Balaban J connectivity index is 2.01. The fourth-order valence-electron chi connectivity index (χ4n) is 2.14. The van der Waals surface area contributed by atoms with Crippen molar-refractivity contribution in [3.05, 3.63) is 0 Å². The Kier molecular flexibility index (Phi) is 6.46. The molecule has 2 N–H and O–H groups in total. The average molecular weight is 226 g/mol. The van der Waals surface area contributed by atoms with Gasteiger partial charge in [-0.2, -0.15) is 0 Å². The van der Waals surface area contributed by atoms with Gasteiger partial charge in [0, 0.05) is 19.0 Å². The van der Waals surface area contributed by atoms with E-state index >= 15 is 0 Å². The molecule has 0 spiro atoms. The highest BCUT2D eigenvalue weighted by Gasteiger charge is 2.14. The van der Waals surface area contributed by atoms with Crippen molar-refractivity contribution < 1.29 is 4.79 Å². The molecule has 1 aliphatic carbocycles. The van der Waals surface area contributed by atoms with Gasteiger partial charge in [0.15, 0.2) is 0 Å². The van der Waals surface area contributed by atoms with E-state index in [1.54, 1.807) is 0 Å². The lowest BCUT2D eigenvalue weighted by atomic mass is 9.95. The molecule has 3 nitrogen and oxygen atoms in total. The van der Waals surface area contributed by atoms with Crippen molar-refractivity contribution in [3.63, 3.8) is 0 Å². The number of carbonyl (C=O) groups excluding carboxylic acids is 1. The maximum atomic E-state index is 11.6. The average Bonchev–Trinajstić information content (AvgIpc) is 2.25. The first-order valence-corrected chi connectivity index (χ1v) is 6.68. The molecule has 0 heterocycles. The summed E-state index contributed by atoms with van der Waals surface area (Å²) < 4.78 is 0. The monoisotopic (exact) mass is 226 g/mol. The molecule has 0 aromatic heterocycles. The van der Waals surface area contributed by atoms with Crippen LogP contribution in [0.3, 0.4) is 0 Å². The SMILES string of the molecule is CC(C)CNCCC(=O)NC1CCCCC1. The van der Waals surface area contributed by atoms with Crippen molar-refractivity contribution in [2.24, 2.45) is 5.92 Å². The lowest BCUT2D eigenvalue weighted by Gasteiger charge is -2.22. The van der Waals surface area contributed by atoms with Crippen LogP contribution in [0.25, 0.3) is 0 Å². The molecule has 0 aromatic carbocycles. The summed E-state index contributed by atoms with van der Waals surface area (Å²) in [5.74, 6) is 0.865. The van der Waals surface area contributed by atoms with Crippen LogP contribution in [-0.2, 0) is 4.79 Å². The molecule has 0 radical (unpaired) electrons. The van der Waals surface area contributed by atoms with Crippen LogP contribution in [0, 0.1) is 5.92 Å². The van der Waals surface area contributed by atoms with Crippen LogP contribution >= 0.6 is 0 Å². The third-order valence-corrected chi connectivity index (χ3v) is 3.05. The molecule has 1 aliphatic rings. The molecule has 1 amide bonds. The zero-order valence-electron chi connectivity index (χ0n) is 10.7. The van der Waals surface area contributed by atoms with Crippen LogP contribution in [0.5, 0.6) is 0 Å². The molecule has 0 aliphatic heterocycles. The first-order chi connectivity index (χ1) is 7.68.